The van der Waals surface area contributed by atoms with Crippen molar-refractivity contribution in [2.24, 2.45) is 0 Å². The number of hydrogen-bond acceptors (Lipinski definition) is 3. The predicted octanol–water partition coefficient (Wildman–Crippen LogP) is 3.80. The van der Waals surface area contributed by atoms with Crippen LogP contribution < -0.4 is 10.2 Å². The third kappa shape index (κ3) is 3.58. The maximum atomic E-state index is 14.1. The zero-order valence-corrected chi connectivity index (χ0v) is 12.9. The summed E-state index contributed by atoms with van der Waals surface area (Å²) in [6.45, 7) is 8.36. The Bertz CT molecular complexity index is 598. The molecule has 0 radical (unpaired) electrons. The highest BCUT2D eigenvalue weighted by atomic mass is 19.1. The van der Waals surface area contributed by atoms with Crippen molar-refractivity contribution in [3.05, 3.63) is 53.6 Å². The molecule has 4 heteroatoms. The fraction of sp³-hybridized carbons (Fsp3) is 0.353. The molecule has 1 aromatic heterocycles. The van der Waals surface area contributed by atoms with Crippen LogP contribution in [0.15, 0.2) is 36.5 Å². The van der Waals surface area contributed by atoms with Crippen molar-refractivity contribution in [2.75, 3.05) is 18.0 Å². The highest BCUT2D eigenvalue weighted by molar-refractivity contribution is 5.66. The minimum Gasteiger partial charge on any atom is -0.339 e. The lowest BCUT2D eigenvalue weighted by Gasteiger charge is -2.26. The zero-order chi connectivity index (χ0) is 15.2. The lowest BCUT2D eigenvalue weighted by atomic mass is 10.1. The molecule has 0 amide bonds. The molecule has 0 saturated heterocycles. The van der Waals surface area contributed by atoms with Gasteiger partial charge in [-0.05, 0) is 38.6 Å². The molecule has 0 aliphatic rings. The van der Waals surface area contributed by atoms with E-state index in [1.54, 1.807) is 6.07 Å². The van der Waals surface area contributed by atoms with E-state index in [1.807, 2.05) is 43.1 Å². The van der Waals surface area contributed by atoms with E-state index in [0.29, 0.717) is 12.2 Å². The maximum absolute atomic E-state index is 14.1. The van der Waals surface area contributed by atoms with Gasteiger partial charge in [0.1, 0.15) is 5.82 Å². The van der Waals surface area contributed by atoms with Crippen LogP contribution in [0.1, 0.15) is 25.1 Å². The van der Waals surface area contributed by atoms with Crippen molar-refractivity contribution in [3.8, 4) is 0 Å². The average Bonchev–Trinajstić information content (AvgIpc) is 2.49. The second kappa shape index (κ2) is 7.18. The van der Waals surface area contributed by atoms with E-state index in [2.05, 4.69) is 17.2 Å². The van der Waals surface area contributed by atoms with E-state index in [0.717, 1.165) is 30.0 Å². The van der Waals surface area contributed by atoms with Gasteiger partial charge in [0.05, 0.1) is 5.69 Å². The van der Waals surface area contributed by atoms with Crippen LogP contribution in [0.2, 0.25) is 0 Å². The molecule has 0 bridgehead atoms. The lowest BCUT2D eigenvalue weighted by Crippen LogP contribution is -2.21. The first-order valence-electron chi connectivity index (χ1n) is 7.35. The van der Waals surface area contributed by atoms with Gasteiger partial charge in [-0.1, -0.05) is 19.1 Å². The van der Waals surface area contributed by atoms with Crippen LogP contribution in [0.5, 0.6) is 0 Å². The second-order valence-electron chi connectivity index (χ2n) is 4.93. The Morgan fingerprint density at radius 3 is 2.62 bits per heavy atom. The number of anilines is 2. The second-order valence-corrected chi connectivity index (χ2v) is 4.93. The molecule has 2 rings (SSSR count). The number of nitrogens with zero attached hydrogens (tertiary/aromatic N) is 2. The molecule has 0 spiro atoms. The van der Waals surface area contributed by atoms with Crippen LogP contribution in [-0.4, -0.2) is 18.1 Å². The predicted molar refractivity (Wildman–Crippen MR) is 85.4 cm³/mol. The minimum atomic E-state index is -0.205. The summed E-state index contributed by atoms with van der Waals surface area (Å²) in [5, 5.41) is 3.31. The van der Waals surface area contributed by atoms with Crippen molar-refractivity contribution >= 4 is 11.4 Å². The Morgan fingerprint density at radius 1 is 1.19 bits per heavy atom. The molecule has 0 atom stereocenters. The van der Waals surface area contributed by atoms with E-state index in [1.165, 1.54) is 6.07 Å². The summed E-state index contributed by atoms with van der Waals surface area (Å²) in [4.78, 5) is 6.36. The van der Waals surface area contributed by atoms with Crippen LogP contribution in [0, 0.1) is 12.7 Å². The van der Waals surface area contributed by atoms with Gasteiger partial charge in [-0.25, -0.2) is 4.39 Å². The van der Waals surface area contributed by atoms with Crippen LogP contribution in [-0.2, 0) is 6.54 Å². The van der Waals surface area contributed by atoms with Gasteiger partial charge in [-0.15, -0.1) is 0 Å². The summed E-state index contributed by atoms with van der Waals surface area (Å²) < 4.78 is 14.1. The maximum Gasteiger partial charge on any atom is 0.146 e. The number of aryl methyl sites for hydroxylation is 1. The normalized spacial score (nSPS) is 10.7. The number of halogens is 1. The molecule has 0 fully saturated rings. The van der Waals surface area contributed by atoms with E-state index in [-0.39, 0.29) is 5.82 Å². The molecule has 0 aliphatic heterocycles. The van der Waals surface area contributed by atoms with Crippen LogP contribution >= 0.6 is 0 Å². The van der Waals surface area contributed by atoms with Crippen molar-refractivity contribution in [1.29, 1.82) is 0 Å². The highest BCUT2D eigenvalue weighted by Gasteiger charge is 2.15. The van der Waals surface area contributed by atoms with Gasteiger partial charge in [0.25, 0.3) is 0 Å². The number of aromatic nitrogens is 1. The molecule has 0 saturated carbocycles. The highest BCUT2D eigenvalue weighted by Crippen LogP contribution is 2.30. The number of para-hydroxylation sites is 1. The molecule has 2 aromatic rings. The van der Waals surface area contributed by atoms with Gasteiger partial charge in [0.2, 0.25) is 0 Å². The molecule has 3 nitrogen and oxygen atoms in total. The SMILES string of the molecule is CCNCc1cnc(C)cc1N(CC)c1ccccc1F. The lowest BCUT2D eigenvalue weighted by molar-refractivity contribution is 0.625. The van der Waals surface area contributed by atoms with Gasteiger partial charge in [0, 0.05) is 36.2 Å². The van der Waals surface area contributed by atoms with E-state index in [4.69, 9.17) is 0 Å². The first kappa shape index (κ1) is 15.4. The Balaban J connectivity index is 2.46. The van der Waals surface area contributed by atoms with Gasteiger partial charge in [-0.3, -0.25) is 4.98 Å². The standard InChI is InChI=1S/C17H22FN3/c1-4-19-11-14-12-20-13(3)10-17(14)21(5-2)16-9-7-6-8-15(16)18/h6-10,12,19H,4-5,11H2,1-3H3. The summed E-state index contributed by atoms with van der Waals surface area (Å²) in [7, 11) is 0. The molecule has 112 valence electrons. The third-order valence-corrected chi connectivity index (χ3v) is 3.41. The van der Waals surface area contributed by atoms with Crippen LogP contribution in [0.25, 0.3) is 0 Å². The quantitative estimate of drug-likeness (QED) is 0.876. The molecular formula is C17H22FN3. The summed E-state index contributed by atoms with van der Waals surface area (Å²) in [5.74, 6) is -0.205. The zero-order valence-electron chi connectivity index (χ0n) is 12.9. The Morgan fingerprint density at radius 2 is 1.95 bits per heavy atom. The van der Waals surface area contributed by atoms with E-state index >= 15 is 0 Å². The number of rotatable bonds is 6. The van der Waals surface area contributed by atoms with Crippen molar-refractivity contribution in [2.45, 2.75) is 27.3 Å². The van der Waals surface area contributed by atoms with E-state index < -0.39 is 0 Å². The Hall–Kier alpha value is -1.94. The third-order valence-electron chi connectivity index (χ3n) is 3.41. The first-order chi connectivity index (χ1) is 10.2. The number of nitrogens with one attached hydrogen (secondary N) is 1. The minimum absolute atomic E-state index is 0.205. The van der Waals surface area contributed by atoms with Crippen molar-refractivity contribution < 1.29 is 4.39 Å². The molecule has 0 aliphatic carbocycles. The Labute approximate surface area is 125 Å². The van der Waals surface area contributed by atoms with Gasteiger partial charge in [0.15, 0.2) is 0 Å². The van der Waals surface area contributed by atoms with Crippen molar-refractivity contribution in [1.82, 2.24) is 10.3 Å². The van der Waals surface area contributed by atoms with Crippen LogP contribution in [0.3, 0.4) is 0 Å². The molecule has 1 N–H and O–H groups in total. The summed E-state index contributed by atoms with van der Waals surface area (Å²) in [6.07, 6.45) is 1.87. The largest absolute Gasteiger partial charge is 0.339 e. The van der Waals surface area contributed by atoms with Gasteiger partial charge < -0.3 is 10.2 Å². The fourth-order valence-corrected chi connectivity index (χ4v) is 2.36. The summed E-state index contributed by atoms with van der Waals surface area (Å²) in [6, 6.07) is 8.90. The molecular weight excluding hydrogens is 265 g/mol. The molecule has 0 unspecified atom stereocenters. The molecule has 1 heterocycles. The smallest absolute Gasteiger partial charge is 0.146 e. The van der Waals surface area contributed by atoms with E-state index in [9.17, 15) is 4.39 Å². The Kier molecular flexibility index (Phi) is 5.28. The average molecular weight is 287 g/mol. The monoisotopic (exact) mass is 287 g/mol. The number of hydrogen-bond donors (Lipinski definition) is 1. The fourth-order valence-electron chi connectivity index (χ4n) is 2.36. The van der Waals surface area contributed by atoms with Crippen molar-refractivity contribution in [3.63, 3.8) is 0 Å². The molecule has 21 heavy (non-hydrogen) atoms. The number of benzene rings is 1. The van der Waals surface area contributed by atoms with Gasteiger partial charge in [-0.2, -0.15) is 0 Å². The van der Waals surface area contributed by atoms with Gasteiger partial charge >= 0.3 is 0 Å². The summed E-state index contributed by atoms with van der Waals surface area (Å²) >= 11 is 0. The topological polar surface area (TPSA) is 28.2 Å². The number of pyridine rings is 1. The molecule has 1 aromatic carbocycles. The van der Waals surface area contributed by atoms with Crippen LogP contribution in [0.4, 0.5) is 15.8 Å². The first-order valence-corrected chi connectivity index (χ1v) is 7.35. The summed E-state index contributed by atoms with van der Waals surface area (Å²) in [5.41, 5.74) is 3.62.